The SMILES string of the molecule is C=C(C)Cc1cc(-c2cccc(C(F)(F)F)c2)cnc1Sc1ncc(-c2cccc(C(F)(F)F)c2)cc1CC(=C)C. The molecule has 4 aromatic rings. The van der Waals surface area contributed by atoms with E-state index in [0.717, 1.165) is 46.5 Å². The summed E-state index contributed by atoms with van der Waals surface area (Å²) in [5.41, 5.74) is 3.56. The molecule has 0 unspecified atom stereocenters. The highest BCUT2D eigenvalue weighted by Crippen LogP contribution is 2.38. The molecule has 0 radical (unpaired) electrons. The number of benzene rings is 2. The van der Waals surface area contributed by atoms with E-state index in [-0.39, 0.29) is 0 Å². The number of allylic oxidation sites excluding steroid dienone is 2. The zero-order valence-electron chi connectivity index (χ0n) is 22.3. The average Bonchev–Trinajstić information content (AvgIpc) is 2.89. The van der Waals surface area contributed by atoms with E-state index < -0.39 is 23.5 Å². The zero-order valence-corrected chi connectivity index (χ0v) is 23.1. The maximum absolute atomic E-state index is 13.3. The van der Waals surface area contributed by atoms with Crippen LogP contribution in [-0.2, 0) is 25.2 Å². The molecule has 0 aliphatic heterocycles. The fourth-order valence-corrected chi connectivity index (χ4v) is 5.16. The van der Waals surface area contributed by atoms with Gasteiger partial charge < -0.3 is 0 Å². The van der Waals surface area contributed by atoms with Gasteiger partial charge in [-0.25, -0.2) is 9.97 Å². The third kappa shape index (κ3) is 7.67. The first kappa shape index (κ1) is 30.1. The Hall–Kier alpha value is -3.85. The van der Waals surface area contributed by atoms with Gasteiger partial charge in [0.2, 0.25) is 0 Å². The Morgan fingerprint density at radius 3 is 1.37 bits per heavy atom. The minimum Gasteiger partial charge on any atom is -0.249 e. The maximum Gasteiger partial charge on any atom is 0.416 e. The Morgan fingerprint density at radius 2 is 1.02 bits per heavy atom. The lowest BCUT2D eigenvalue weighted by molar-refractivity contribution is -0.138. The summed E-state index contributed by atoms with van der Waals surface area (Å²) in [6.45, 7) is 11.7. The van der Waals surface area contributed by atoms with Gasteiger partial charge >= 0.3 is 12.4 Å². The quantitative estimate of drug-likeness (QED) is 0.152. The Kier molecular flexibility index (Phi) is 8.77. The number of hydrogen-bond acceptors (Lipinski definition) is 3. The van der Waals surface area contributed by atoms with Crippen LogP contribution in [0.15, 0.2) is 107 Å². The van der Waals surface area contributed by atoms with Gasteiger partial charge in [-0.1, -0.05) is 48.6 Å². The van der Waals surface area contributed by atoms with Gasteiger partial charge in [0.05, 0.1) is 11.1 Å². The highest BCUT2D eigenvalue weighted by molar-refractivity contribution is 7.99. The maximum atomic E-state index is 13.3. The van der Waals surface area contributed by atoms with Crippen LogP contribution in [0, 0.1) is 0 Å². The van der Waals surface area contributed by atoms with Crippen molar-refractivity contribution in [2.24, 2.45) is 0 Å². The van der Waals surface area contributed by atoms with Crippen LogP contribution >= 0.6 is 11.8 Å². The standard InChI is InChI=1S/C32H26F6N2S/c1-19(2)11-23-13-25(21-7-5-9-27(15-21)31(33,34)35)17-39-29(23)41-30-24(12-20(3)4)14-26(18-40-30)22-8-6-10-28(16-22)32(36,37)38/h5-10,13-18H,1,3,11-12H2,2,4H3. The smallest absolute Gasteiger partial charge is 0.249 e. The Bertz CT molecular complexity index is 1490. The molecule has 0 atom stereocenters. The highest BCUT2D eigenvalue weighted by Gasteiger charge is 2.31. The molecular weight excluding hydrogens is 558 g/mol. The van der Waals surface area contributed by atoms with Crippen molar-refractivity contribution in [2.45, 2.75) is 49.1 Å². The molecular formula is C32H26F6N2S. The first-order valence-electron chi connectivity index (χ1n) is 12.5. The lowest BCUT2D eigenvalue weighted by Crippen LogP contribution is -2.04. The number of rotatable bonds is 8. The predicted octanol–water partition coefficient (Wildman–Crippen LogP) is 10.2. The molecule has 2 nitrogen and oxygen atoms in total. The predicted molar refractivity (Wildman–Crippen MR) is 151 cm³/mol. The second-order valence-electron chi connectivity index (χ2n) is 9.90. The molecule has 0 aliphatic carbocycles. The molecule has 0 N–H and O–H groups in total. The largest absolute Gasteiger partial charge is 0.416 e. The second-order valence-corrected chi connectivity index (χ2v) is 10.9. The minimum absolute atomic E-state index is 0.387. The van der Waals surface area contributed by atoms with E-state index in [1.165, 1.54) is 36.3 Å². The van der Waals surface area contributed by atoms with E-state index in [1.54, 1.807) is 24.3 Å². The molecule has 2 heterocycles. The first-order valence-corrected chi connectivity index (χ1v) is 13.3. The van der Waals surface area contributed by atoms with Gasteiger partial charge in [0.15, 0.2) is 0 Å². The van der Waals surface area contributed by atoms with Crippen LogP contribution in [0.5, 0.6) is 0 Å². The molecule has 9 heteroatoms. The van der Waals surface area contributed by atoms with E-state index in [2.05, 4.69) is 23.1 Å². The van der Waals surface area contributed by atoms with Gasteiger partial charge in [0, 0.05) is 23.5 Å². The molecule has 0 amide bonds. The molecule has 41 heavy (non-hydrogen) atoms. The monoisotopic (exact) mass is 584 g/mol. The van der Waals surface area contributed by atoms with Gasteiger partial charge in [-0.15, -0.1) is 0 Å². The third-order valence-electron chi connectivity index (χ3n) is 6.07. The lowest BCUT2D eigenvalue weighted by atomic mass is 10.0. The van der Waals surface area contributed by atoms with Crippen LogP contribution < -0.4 is 0 Å². The third-order valence-corrected chi connectivity index (χ3v) is 7.20. The molecule has 0 aliphatic rings. The zero-order chi connectivity index (χ0) is 29.9. The second kappa shape index (κ2) is 11.9. The fraction of sp³-hybridized carbons (Fsp3) is 0.188. The van der Waals surface area contributed by atoms with Crippen LogP contribution in [0.1, 0.15) is 36.1 Å². The summed E-state index contributed by atoms with van der Waals surface area (Å²) in [6, 6.07) is 13.7. The van der Waals surface area contributed by atoms with Crippen molar-refractivity contribution in [1.82, 2.24) is 9.97 Å². The summed E-state index contributed by atoms with van der Waals surface area (Å²) in [5.74, 6) is 0. The van der Waals surface area contributed by atoms with Gasteiger partial charge in [-0.2, -0.15) is 26.3 Å². The van der Waals surface area contributed by atoms with Crippen molar-refractivity contribution in [1.29, 1.82) is 0 Å². The number of pyridine rings is 2. The van der Waals surface area contributed by atoms with Crippen LogP contribution in [0.25, 0.3) is 22.3 Å². The Balaban J connectivity index is 1.73. The van der Waals surface area contributed by atoms with E-state index in [9.17, 15) is 26.3 Å². The summed E-state index contributed by atoms with van der Waals surface area (Å²) >= 11 is 1.28. The van der Waals surface area contributed by atoms with Gasteiger partial charge in [0.25, 0.3) is 0 Å². The van der Waals surface area contributed by atoms with Crippen LogP contribution in [-0.4, -0.2) is 9.97 Å². The summed E-state index contributed by atoms with van der Waals surface area (Å²) in [6.07, 6.45) is -5.00. The number of nitrogens with zero attached hydrogens (tertiary/aromatic N) is 2. The molecule has 2 aromatic carbocycles. The number of aromatic nitrogens is 2. The molecule has 0 fully saturated rings. The minimum atomic E-state index is -4.47. The fourth-order valence-electron chi connectivity index (χ4n) is 4.24. The number of alkyl halides is 6. The van der Waals surface area contributed by atoms with Crippen molar-refractivity contribution in [2.75, 3.05) is 0 Å². The van der Waals surface area contributed by atoms with E-state index >= 15 is 0 Å². The van der Waals surface area contributed by atoms with E-state index in [0.29, 0.717) is 45.1 Å². The number of hydrogen-bond donors (Lipinski definition) is 0. The molecule has 0 spiro atoms. The van der Waals surface area contributed by atoms with Crippen LogP contribution in [0.2, 0.25) is 0 Å². The molecule has 0 saturated carbocycles. The van der Waals surface area contributed by atoms with Crippen LogP contribution in [0.3, 0.4) is 0 Å². The first-order chi connectivity index (χ1) is 19.2. The van der Waals surface area contributed by atoms with Crippen molar-refractivity contribution in [3.63, 3.8) is 0 Å². The molecule has 2 aromatic heterocycles. The normalized spacial score (nSPS) is 11.9. The molecule has 0 bridgehead atoms. The lowest BCUT2D eigenvalue weighted by Gasteiger charge is -2.15. The summed E-state index contributed by atoms with van der Waals surface area (Å²) in [5, 5.41) is 1.21. The topological polar surface area (TPSA) is 25.8 Å². The molecule has 212 valence electrons. The van der Waals surface area contributed by atoms with Crippen LogP contribution in [0.4, 0.5) is 26.3 Å². The summed E-state index contributed by atoms with van der Waals surface area (Å²) in [4.78, 5) is 9.18. The van der Waals surface area contributed by atoms with Gasteiger partial charge in [-0.05, 0) is 97.1 Å². The van der Waals surface area contributed by atoms with Crippen molar-refractivity contribution >= 4 is 11.8 Å². The summed E-state index contributed by atoms with van der Waals surface area (Å²) in [7, 11) is 0. The van der Waals surface area contributed by atoms with E-state index in [4.69, 9.17) is 0 Å². The van der Waals surface area contributed by atoms with Crippen molar-refractivity contribution in [3.05, 3.63) is 120 Å². The highest BCUT2D eigenvalue weighted by atomic mass is 32.2. The molecule has 4 rings (SSSR count). The Morgan fingerprint density at radius 1 is 0.634 bits per heavy atom. The number of halogens is 6. The average molecular weight is 585 g/mol. The van der Waals surface area contributed by atoms with E-state index in [1.807, 2.05) is 13.8 Å². The Labute approximate surface area is 238 Å². The van der Waals surface area contributed by atoms with Gasteiger partial charge in [0.1, 0.15) is 10.1 Å². The van der Waals surface area contributed by atoms with Gasteiger partial charge in [-0.3, -0.25) is 0 Å². The van der Waals surface area contributed by atoms with Crippen molar-refractivity contribution < 1.29 is 26.3 Å². The summed E-state index contributed by atoms with van der Waals surface area (Å²) < 4.78 is 79.7. The molecule has 0 saturated heterocycles. The van der Waals surface area contributed by atoms with Crippen molar-refractivity contribution in [3.8, 4) is 22.3 Å².